The molecule has 9 heteroatoms. The number of amides is 2. The van der Waals surface area contributed by atoms with E-state index in [0.29, 0.717) is 10.9 Å². The van der Waals surface area contributed by atoms with Crippen molar-refractivity contribution in [2.75, 3.05) is 13.1 Å². The van der Waals surface area contributed by atoms with Crippen LogP contribution in [0.1, 0.15) is 16.8 Å². The molecule has 2 N–H and O–H groups in total. The van der Waals surface area contributed by atoms with Gasteiger partial charge in [0.1, 0.15) is 11.8 Å². The van der Waals surface area contributed by atoms with Gasteiger partial charge in [0, 0.05) is 18.0 Å². The highest BCUT2D eigenvalue weighted by atomic mass is 19.3. The van der Waals surface area contributed by atoms with Gasteiger partial charge in [-0.05, 0) is 24.3 Å². The van der Waals surface area contributed by atoms with Gasteiger partial charge in [-0.15, -0.1) is 0 Å². The van der Waals surface area contributed by atoms with Crippen LogP contribution in [0.2, 0.25) is 0 Å². The Kier molecular flexibility index (Phi) is 4.42. The number of benzene rings is 1. The first-order valence-electron chi connectivity index (χ1n) is 7.73. The van der Waals surface area contributed by atoms with Crippen LogP contribution in [0.3, 0.4) is 0 Å². The van der Waals surface area contributed by atoms with Crippen molar-refractivity contribution in [3.05, 3.63) is 36.0 Å². The molecule has 1 fully saturated rings. The van der Waals surface area contributed by atoms with Crippen molar-refractivity contribution in [2.24, 2.45) is 0 Å². The van der Waals surface area contributed by atoms with Gasteiger partial charge in [-0.1, -0.05) is 0 Å². The third kappa shape index (κ3) is 3.39. The van der Waals surface area contributed by atoms with Crippen molar-refractivity contribution in [3.63, 3.8) is 0 Å². The maximum Gasteiger partial charge on any atom is 0.268 e. The number of likely N-dealkylation sites (tertiary alicyclic amines) is 1. The molecule has 1 atom stereocenters. The van der Waals surface area contributed by atoms with E-state index in [9.17, 15) is 23.5 Å². The number of hydrogen-bond donors (Lipinski definition) is 2. The van der Waals surface area contributed by atoms with Crippen molar-refractivity contribution in [2.45, 2.75) is 18.4 Å². The standard InChI is InChI=1S/C17H14F2N4O3/c18-17(19)6-10(7-20)23(9-17)15(25)8-22-16(26)12-3-4-21-14-2-1-11(24)5-13(12)14/h1-5,10,24H,6,8-9H2,(H,22,26)/t10-/m1/s1. The number of alkyl halides is 2. The molecule has 1 aromatic heterocycles. The monoisotopic (exact) mass is 360 g/mol. The number of rotatable bonds is 3. The van der Waals surface area contributed by atoms with Gasteiger partial charge in [-0.2, -0.15) is 5.26 Å². The molecular weight excluding hydrogens is 346 g/mol. The zero-order valence-corrected chi connectivity index (χ0v) is 13.4. The van der Waals surface area contributed by atoms with Crippen LogP contribution in [-0.4, -0.2) is 51.9 Å². The number of carbonyl (C=O) groups excluding carboxylic acids is 2. The fourth-order valence-corrected chi connectivity index (χ4v) is 2.88. The predicted molar refractivity (Wildman–Crippen MR) is 86.4 cm³/mol. The van der Waals surface area contributed by atoms with E-state index in [2.05, 4.69) is 10.3 Å². The fourth-order valence-electron chi connectivity index (χ4n) is 2.88. The Hall–Kier alpha value is -3.28. The van der Waals surface area contributed by atoms with E-state index >= 15 is 0 Å². The second-order valence-electron chi connectivity index (χ2n) is 5.97. The Labute approximate surface area is 146 Å². The largest absolute Gasteiger partial charge is 0.508 e. The average Bonchev–Trinajstić information content (AvgIpc) is 2.93. The summed E-state index contributed by atoms with van der Waals surface area (Å²) in [7, 11) is 0. The van der Waals surface area contributed by atoms with E-state index in [1.54, 1.807) is 6.07 Å². The first kappa shape index (κ1) is 17.5. The third-order valence-corrected chi connectivity index (χ3v) is 4.11. The van der Waals surface area contributed by atoms with Gasteiger partial charge in [0.15, 0.2) is 0 Å². The van der Waals surface area contributed by atoms with E-state index in [1.807, 2.05) is 0 Å². The van der Waals surface area contributed by atoms with Crippen molar-refractivity contribution in [1.82, 2.24) is 15.2 Å². The van der Waals surface area contributed by atoms with Gasteiger partial charge >= 0.3 is 0 Å². The number of fused-ring (bicyclic) bond motifs is 1. The molecule has 0 bridgehead atoms. The van der Waals surface area contributed by atoms with Crippen LogP contribution in [0.25, 0.3) is 10.9 Å². The molecule has 7 nitrogen and oxygen atoms in total. The van der Waals surface area contributed by atoms with Crippen molar-refractivity contribution < 1.29 is 23.5 Å². The zero-order chi connectivity index (χ0) is 18.9. The minimum atomic E-state index is -3.11. The summed E-state index contributed by atoms with van der Waals surface area (Å²) in [6.07, 6.45) is 0.695. The van der Waals surface area contributed by atoms with Gasteiger partial charge in [-0.3, -0.25) is 14.6 Å². The van der Waals surface area contributed by atoms with E-state index in [1.165, 1.54) is 30.5 Å². The smallest absolute Gasteiger partial charge is 0.268 e. The number of pyridine rings is 1. The molecule has 0 aliphatic carbocycles. The highest BCUT2D eigenvalue weighted by Gasteiger charge is 2.47. The second kappa shape index (κ2) is 6.55. The number of carbonyl (C=O) groups is 2. The number of nitriles is 1. The minimum Gasteiger partial charge on any atom is -0.508 e. The summed E-state index contributed by atoms with van der Waals surface area (Å²) in [5.74, 6) is -4.54. The molecule has 2 amide bonds. The number of aromatic hydroxyl groups is 1. The van der Waals surface area contributed by atoms with Crippen LogP contribution in [0, 0.1) is 11.3 Å². The molecule has 1 saturated heterocycles. The first-order chi connectivity index (χ1) is 12.3. The summed E-state index contributed by atoms with van der Waals surface area (Å²) in [6.45, 7) is -1.36. The third-order valence-electron chi connectivity index (χ3n) is 4.11. The molecular formula is C17H14F2N4O3. The van der Waals surface area contributed by atoms with Gasteiger partial charge in [0.05, 0.1) is 30.2 Å². The number of halogens is 2. The maximum atomic E-state index is 13.4. The van der Waals surface area contributed by atoms with Crippen LogP contribution in [0.4, 0.5) is 8.78 Å². The lowest BCUT2D eigenvalue weighted by Crippen LogP contribution is -2.43. The van der Waals surface area contributed by atoms with Crippen LogP contribution in [0.15, 0.2) is 30.5 Å². The molecule has 0 spiro atoms. The Morgan fingerprint density at radius 2 is 2.19 bits per heavy atom. The number of hydrogen-bond acceptors (Lipinski definition) is 5. The minimum absolute atomic E-state index is 0.0493. The summed E-state index contributed by atoms with van der Waals surface area (Å²) < 4.78 is 26.8. The van der Waals surface area contributed by atoms with Crippen LogP contribution < -0.4 is 5.32 Å². The maximum absolute atomic E-state index is 13.4. The van der Waals surface area contributed by atoms with E-state index in [-0.39, 0.29) is 11.3 Å². The molecule has 2 aromatic rings. The molecule has 3 rings (SSSR count). The zero-order valence-electron chi connectivity index (χ0n) is 13.4. The Bertz CT molecular complexity index is 926. The SMILES string of the molecule is N#C[C@H]1CC(F)(F)CN1C(=O)CNC(=O)c1ccnc2ccc(O)cc12. The molecule has 26 heavy (non-hydrogen) atoms. The summed E-state index contributed by atoms with van der Waals surface area (Å²) >= 11 is 0. The van der Waals surface area contributed by atoms with Crippen LogP contribution in [0.5, 0.6) is 5.75 Å². The number of nitrogens with one attached hydrogen (secondary N) is 1. The van der Waals surface area contributed by atoms with Crippen LogP contribution >= 0.6 is 0 Å². The van der Waals surface area contributed by atoms with Gasteiger partial charge < -0.3 is 15.3 Å². The normalized spacial score (nSPS) is 18.5. The van der Waals surface area contributed by atoms with E-state index in [4.69, 9.17) is 5.26 Å². The summed E-state index contributed by atoms with van der Waals surface area (Å²) in [5, 5.41) is 21.3. The molecule has 1 aromatic carbocycles. The molecule has 1 aliphatic heterocycles. The second-order valence-corrected chi connectivity index (χ2v) is 5.97. The molecule has 0 saturated carbocycles. The van der Waals surface area contributed by atoms with E-state index in [0.717, 1.165) is 4.90 Å². The molecule has 1 aliphatic rings. The summed E-state index contributed by atoms with van der Waals surface area (Å²) in [4.78, 5) is 29.3. The lowest BCUT2D eigenvalue weighted by Gasteiger charge is -2.19. The lowest BCUT2D eigenvalue weighted by molar-refractivity contribution is -0.131. The Balaban J connectivity index is 1.73. The number of nitrogens with zero attached hydrogens (tertiary/aromatic N) is 3. The summed E-state index contributed by atoms with van der Waals surface area (Å²) in [6, 6.07) is 6.21. The quantitative estimate of drug-likeness (QED) is 0.861. The summed E-state index contributed by atoms with van der Waals surface area (Å²) in [5.41, 5.74) is 0.660. The molecule has 0 unspecified atom stereocenters. The molecule has 134 valence electrons. The number of aromatic nitrogens is 1. The highest BCUT2D eigenvalue weighted by Crippen LogP contribution is 2.31. The molecule has 2 heterocycles. The van der Waals surface area contributed by atoms with Gasteiger partial charge in [-0.25, -0.2) is 8.78 Å². The van der Waals surface area contributed by atoms with Crippen molar-refractivity contribution in [3.8, 4) is 11.8 Å². The van der Waals surface area contributed by atoms with Crippen molar-refractivity contribution >= 4 is 22.7 Å². The first-order valence-corrected chi connectivity index (χ1v) is 7.73. The average molecular weight is 360 g/mol. The highest BCUT2D eigenvalue weighted by molar-refractivity contribution is 6.07. The lowest BCUT2D eigenvalue weighted by atomic mass is 10.1. The molecule has 0 radical (unpaired) electrons. The predicted octanol–water partition coefficient (Wildman–Crippen LogP) is 1.43. The number of phenols is 1. The van der Waals surface area contributed by atoms with Gasteiger partial charge in [0.2, 0.25) is 5.91 Å². The van der Waals surface area contributed by atoms with E-state index < -0.39 is 43.3 Å². The number of phenolic OH excluding ortho intramolecular Hbond substituents is 1. The Morgan fingerprint density at radius 1 is 1.42 bits per heavy atom. The Morgan fingerprint density at radius 3 is 2.92 bits per heavy atom. The van der Waals surface area contributed by atoms with Crippen LogP contribution in [-0.2, 0) is 4.79 Å². The van der Waals surface area contributed by atoms with Crippen molar-refractivity contribution in [1.29, 1.82) is 5.26 Å². The van der Waals surface area contributed by atoms with Gasteiger partial charge in [0.25, 0.3) is 11.8 Å². The fraction of sp³-hybridized carbons (Fsp3) is 0.294. The topological polar surface area (TPSA) is 106 Å².